The van der Waals surface area contributed by atoms with Crippen molar-refractivity contribution in [3.63, 3.8) is 0 Å². The average molecular weight is 443 g/mol. The molecule has 0 aromatic heterocycles. The van der Waals surface area contributed by atoms with Gasteiger partial charge in [0.25, 0.3) is 0 Å². The number of piperazine rings is 1. The zero-order chi connectivity index (χ0) is 20.4. The van der Waals surface area contributed by atoms with Crippen molar-refractivity contribution in [1.29, 1.82) is 0 Å². The Kier molecular flexibility index (Phi) is 6.73. The third-order valence-corrected chi connectivity index (χ3v) is 5.76. The van der Waals surface area contributed by atoms with E-state index in [4.69, 9.17) is 40.5 Å². The normalized spacial score (nSPS) is 19.4. The number of benzene rings is 2. The molecule has 0 bridgehead atoms. The summed E-state index contributed by atoms with van der Waals surface area (Å²) in [5.41, 5.74) is 7.72. The molecule has 150 valence electrons. The van der Waals surface area contributed by atoms with E-state index in [1.165, 1.54) is 6.92 Å². The maximum Gasteiger partial charge on any atom is 0.242 e. The van der Waals surface area contributed by atoms with E-state index in [0.29, 0.717) is 34.7 Å². The molecular formula is C20H22Cl3N3O2. The molecule has 1 fully saturated rings. The van der Waals surface area contributed by atoms with E-state index in [-0.39, 0.29) is 11.9 Å². The van der Waals surface area contributed by atoms with Gasteiger partial charge in [-0.1, -0.05) is 46.9 Å². The van der Waals surface area contributed by atoms with Crippen LogP contribution in [0.4, 0.5) is 5.69 Å². The number of nitrogens with zero attached hydrogens (tertiary/aromatic N) is 2. The van der Waals surface area contributed by atoms with E-state index >= 15 is 0 Å². The van der Waals surface area contributed by atoms with Crippen LogP contribution in [-0.4, -0.2) is 47.7 Å². The van der Waals surface area contributed by atoms with Crippen LogP contribution < -0.4 is 10.6 Å². The molecule has 1 aliphatic rings. The second kappa shape index (κ2) is 8.89. The van der Waals surface area contributed by atoms with Gasteiger partial charge in [-0.2, -0.15) is 0 Å². The number of amides is 1. The lowest BCUT2D eigenvalue weighted by Crippen LogP contribution is -2.56. The van der Waals surface area contributed by atoms with Crippen LogP contribution in [0.15, 0.2) is 42.5 Å². The lowest BCUT2D eigenvalue weighted by atomic mass is 10.00. The smallest absolute Gasteiger partial charge is 0.242 e. The quantitative estimate of drug-likeness (QED) is 0.757. The zero-order valence-electron chi connectivity index (χ0n) is 15.4. The molecule has 1 aliphatic heterocycles. The highest BCUT2D eigenvalue weighted by Gasteiger charge is 2.34. The van der Waals surface area contributed by atoms with Crippen LogP contribution in [0.1, 0.15) is 18.5 Å². The van der Waals surface area contributed by atoms with Crippen LogP contribution in [0.3, 0.4) is 0 Å². The highest BCUT2D eigenvalue weighted by Crippen LogP contribution is 2.36. The van der Waals surface area contributed by atoms with Crippen LogP contribution in [0.5, 0.6) is 0 Å². The number of rotatable bonds is 4. The topological polar surface area (TPSA) is 69.8 Å². The Morgan fingerprint density at radius 2 is 1.75 bits per heavy atom. The van der Waals surface area contributed by atoms with Gasteiger partial charge < -0.3 is 20.6 Å². The summed E-state index contributed by atoms with van der Waals surface area (Å²) < 4.78 is 0. The number of carbonyl (C=O) groups is 1. The number of anilines is 1. The molecule has 3 N–H and O–H groups in total. The highest BCUT2D eigenvalue weighted by molar-refractivity contribution is 6.36. The number of nitrogens with two attached hydrogens (primary N) is 1. The summed E-state index contributed by atoms with van der Waals surface area (Å²) in [4.78, 5) is 16.5. The summed E-state index contributed by atoms with van der Waals surface area (Å²) in [6, 6.07) is 11.8. The summed E-state index contributed by atoms with van der Waals surface area (Å²) >= 11 is 18.5. The molecule has 0 aliphatic carbocycles. The third-order valence-electron chi connectivity index (χ3n) is 4.97. The highest BCUT2D eigenvalue weighted by atomic mass is 35.5. The minimum absolute atomic E-state index is 0.144. The first-order chi connectivity index (χ1) is 13.3. The van der Waals surface area contributed by atoms with Gasteiger partial charge in [0, 0.05) is 29.7 Å². The molecule has 8 heteroatoms. The van der Waals surface area contributed by atoms with E-state index in [1.54, 1.807) is 17.0 Å². The molecule has 0 radical (unpaired) electrons. The molecule has 2 aromatic rings. The maximum absolute atomic E-state index is 12.7. The van der Waals surface area contributed by atoms with E-state index in [9.17, 15) is 9.90 Å². The predicted octanol–water partition coefficient (Wildman–Crippen LogP) is 3.74. The molecule has 1 saturated heterocycles. The molecule has 1 heterocycles. The maximum atomic E-state index is 12.7. The van der Waals surface area contributed by atoms with Crippen molar-refractivity contribution in [2.24, 2.45) is 5.73 Å². The summed E-state index contributed by atoms with van der Waals surface area (Å²) in [6.45, 7) is 2.97. The van der Waals surface area contributed by atoms with Gasteiger partial charge in [0.05, 0.1) is 22.9 Å². The van der Waals surface area contributed by atoms with E-state index in [0.717, 1.165) is 11.3 Å². The van der Waals surface area contributed by atoms with Crippen molar-refractivity contribution < 1.29 is 9.90 Å². The standard InChI is InChI=1S/C20H22Cl3N3O2/c1-12(27)19(24)20(28)25-8-9-26(17-7-6-15(22)10-16(17)23)18(11-25)13-2-4-14(21)5-3-13/h2-7,10,12,18-19,27H,8-9,11,24H2,1H3/t12-,18+,19+/m1/s1. The molecule has 28 heavy (non-hydrogen) atoms. The van der Waals surface area contributed by atoms with Gasteiger partial charge in [-0.3, -0.25) is 4.79 Å². The Morgan fingerprint density at radius 3 is 2.36 bits per heavy atom. The Hall–Kier alpha value is -1.50. The summed E-state index contributed by atoms with van der Waals surface area (Å²) in [6.07, 6.45) is -0.912. The van der Waals surface area contributed by atoms with E-state index in [2.05, 4.69) is 4.90 Å². The predicted molar refractivity (Wildman–Crippen MR) is 114 cm³/mol. The first kappa shape index (κ1) is 21.2. The summed E-state index contributed by atoms with van der Waals surface area (Å²) in [5, 5.41) is 11.5. The van der Waals surface area contributed by atoms with E-state index in [1.807, 2.05) is 30.3 Å². The second-order valence-corrected chi connectivity index (χ2v) is 8.19. The van der Waals surface area contributed by atoms with Crippen LogP contribution in [-0.2, 0) is 4.79 Å². The molecule has 0 saturated carbocycles. The van der Waals surface area contributed by atoms with Gasteiger partial charge in [0.1, 0.15) is 6.04 Å². The first-order valence-electron chi connectivity index (χ1n) is 8.97. The fourth-order valence-electron chi connectivity index (χ4n) is 3.37. The van der Waals surface area contributed by atoms with Crippen LogP contribution in [0, 0.1) is 0 Å². The minimum atomic E-state index is -0.948. The Bertz CT molecular complexity index is 845. The van der Waals surface area contributed by atoms with Gasteiger partial charge in [-0.15, -0.1) is 0 Å². The molecular weight excluding hydrogens is 421 g/mol. The number of aliphatic hydroxyl groups excluding tert-OH is 1. The van der Waals surface area contributed by atoms with Gasteiger partial charge in [0.2, 0.25) is 5.91 Å². The average Bonchev–Trinajstić information content (AvgIpc) is 2.67. The zero-order valence-corrected chi connectivity index (χ0v) is 17.6. The number of hydrogen-bond donors (Lipinski definition) is 2. The monoisotopic (exact) mass is 441 g/mol. The number of aliphatic hydroxyl groups is 1. The van der Waals surface area contributed by atoms with Crippen molar-refractivity contribution in [2.45, 2.75) is 25.1 Å². The fourth-order valence-corrected chi connectivity index (χ4v) is 4.02. The Balaban J connectivity index is 1.94. The van der Waals surface area contributed by atoms with Crippen LogP contribution in [0.2, 0.25) is 15.1 Å². The van der Waals surface area contributed by atoms with Crippen molar-refractivity contribution in [3.8, 4) is 0 Å². The first-order valence-corrected chi connectivity index (χ1v) is 10.1. The number of carbonyl (C=O) groups excluding carboxylic acids is 1. The van der Waals surface area contributed by atoms with Gasteiger partial charge in [-0.05, 0) is 42.8 Å². The molecule has 3 atom stereocenters. The Labute approximate surface area is 179 Å². The van der Waals surface area contributed by atoms with E-state index < -0.39 is 12.1 Å². The van der Waals surface area contributed by atoms with Crippen LogP contribution in [0.25, 0.3) is 0 Å². The molecule has 3 rings (SSSR count). The Morgan fingerprint density at radius 1 is 1.11 bits per heavy atom. The van der Waals surface area contributed by atoms with Crippen molar-refractivity contribution in [3.05, 3.63) is 63.1 Å². The molecule has 1 amide bonds. The lowest BCUT2D eigenvalue weighted by molar-refractivity contribution is -0.135. The second-order valence-electron chi connectivity index (χ2n) is 6.91. The molecule has 0 unspecified atom stereocenters. The largest absolute Gasteiger partial charge is 0.391 e. The van der Waals surface area contributed by atoms with Crippen molar-refractivity contribution in [2.75, 3.05) is 24.5 Å². The van der Waals surface area contributed by atoms with Gasteiger partial charge in [-0.25, -0.2) is 0 Å². The van der Waals surface area contributed by atoms with Crippen molar-refractivity contribution >= 4 is 46.4 Å². The minimum Gasteiger partial charge on any atom is -0.391 e. The number of hydrogen-bond acceptors (Lipinski definition) is 4. The fraction of sp³-hybridized carbons (Fsp3) is 0.350. The van der Waals surface area contributed by atoms with Gasteiger partial charge in [0.15, 0.2) is 0 Å². The summed E-state index contributed by atoms with van der Waals surface area (Å²) in [7, 11) is 0. The van der Waals surface area contributed by atoms with Crippen LogP contribution >= 0.6 is 34.8 Å². The SMILES string of the molecule is C[C@@H](O)[C@H](N)C(=O)N1CCN(c2ccc(Cl)cc2Cl)[C@H](c2ccc(Cl)cc2)C1. The van der Waals surface area contributed by atoms with Gasteiger partial charge >= 0.3 is 0 Å². The molecule has 5 nitrogen and oxygen atoms in total. The molecule has 0 spiro atoms. The third kappa shape index (κ3) is 4.56. The van der Waals surface area contributed by atoms with Crippen molar-refractivity contribution in [1.82, 2.24) is 4.90 Å². The molecule has 2 aromatic carbocycles. The summed E-state index contributed by atoms with van der Waals surface area (Å²) in [5.74, 6) is -0.268. The number of halogens is 3. The lowest BCUT2D eigenvalue weighted by Gasteiger charge is -2.44.